The number of fused-ring (bicyclic) bond motifs is 2. The van der Waals surface area contributed by atoms with E-state index in [2.05, 4.69) is 24.3 Å². The van der Waals surface area contributed by atoms with Crippen molar-refractivity contribution in [2.24, 2.45) is 0 Å². The molecule has 0 atom stereocenters. The summed E-state index contributed by atoms with van der Waals surface area (Å²) in [6.45, 7) is 9.46. The molecule has 1 aliphatic rings. The van der Waals surface area contributed by atoms with E-state index in [0.29, 0.717) is 46.9 Å². The summed E-state index contributed by atoms with van der Waals surface area (Å²) in [5.74, 6) is -1.18. The average molecular weight is 658 g/mol. The molecule has 7 nitrogen and oxygen atoms in total. The van der Waals surface area contributed by atoms with Crippen molar-refractivity contribution < 1.29 is 24.1 Å². The number of ether oxygens (including phenoxy) is 1. The molecule has 2 aromatic heterocycles. The Hall–Kier alpha value is -5.34. The molecule has 7 rings (SSSR count). The van der Waals surface area contributed by atoms with Gasteiger partial charge in [0, 0.05) is 27.9 Å². The number of hydrogen-bond acceptors (Lipinski definition) is 5. The largest absolute Gasteiger partial charge is 0.490 e. The van der Waals surface area contributed by atoms with Crippen molar-refractivity contribution in [3.63, 3.8) is 0 Å². The number of benzene rings is 4. The van der Waals surface area contributed by atoms with E-state index < -0.39 is 17.4 Å². The van der Waals surface area contributed by atoms with Gasteiger partial charge in [-0.15, -0.1) is 0 Å². The van der Waals surface area contributed by atoms with Gasteiger partial charge < -0.3 is 14.9 Å². The van der Waals surface area contributed by atoms with Crippen LogP contribution in [-0.2, 0) is 17.6 Å². The van der Waals surface area contributed by atoms with Gasteiger partial charge in [-0.05, 0) is 81.8 Å². The van der Waals surface area contributed by atoms with Crippen LogP contribution in [0.4, 0.5) is 4.39 Å². The maximum absolute atomic E-state index is 15.6. The molecule has 8 heteroatoms. The molecule has 0 saturated carbocycles. The second-order valence-corrected chi connectivity index (χ2v) is 13.3. The summed E-state index contributed by atoms with van der Waals surface area (Å²) in [4.78, 5) is 17.2. The van der Waals surface area contributed by atoms with E-state index in [1.807, 2.05) is 74.5 Å². The maximum atomic E-state index is 15.6. The number of carboxylic acid groups (broad SMARTS) is 1. The quantitative estimate of drug-likeness (QED) is 0.186. The van der Waals surface area contributed by atoms with Crippen LogP contribution in [-0.4, -0.2) is 43.0 Å². The molecule has 0 bridgehead atoms. The van der Waals surface area contributed by atoms with Crippen molar-refractivity contribution in [1.82, 2.24) is 14.6 Å². The molecule has 0 fully saturated rings. The zero-order valence-electron chi connectivity index (χ0n) is 28.4. The molecule has 49 heavy (non-hydrogen) atoms. The van der Waals surface area contributed by atoms with Crippen LogP contribution in [0, 0.1) is 19.7 Å². The Kier molecular flexibility index (Phi) is 9.35. The van der Waals surface area contributed by atoms with Gasteiger partial charge in [0.05, 0.1) is 29.9 Å². The number of carboxylic acids is 1. The van der Waals surface area contributed by atoms with Crippen molar-refractivity contribution in [2.45, 2.75) is 59.5 Å². The standard InChI is InChI=1S/C37H30FN3O3.C4H10O/c1-22-28-17-10-18-44-36(28)31(38)20-29(22)35-30(21-32(42)43)23(2)39-37-33(34(40-41(35)37)25-13-7-4-8-14-25)27-16-9-15-26(19-27)24-11-5-3-6-12-24;1-4(2,3)5/h3-9,11-16,19-20H,10,17-18,21H2,1-2H3,(H,42,43);5H,1-3H3. The van der Waals surface area contributed by atoms with Gasteiger partial charge >= 0.3 is 5.97 Å². The van der Waals surface area contributed by atoms with Crippen LogP contribution in [0.5, 0.6) is 5.75 Å². The highest BCUT2D eigenvalue weighted by molar-refractivity contribution is 5.93. The first kappa shape index (κ1) is 33.6. The molecule has 0 unspecified atom stereocenters. The Balaban J connectivity index is 0.000000778. The molecule has 1 aliphatic heterocycles. The van der Waals surface area contributed by atoms with Gasteiger partial charge in [0.2, 0.25) is 0 Å². The van der Waals surface area contributed by atoms with Crippen molar-refractivity contribution in [2.75, 3.05) is 6.61 Å². The Morgan fingerprint density at radius 2 is 1.51 bits per heavy atom. The molecule has 0 radical (unpaired) electrons. The minimum atomic E-state index is -0.999. The van der Waals surface area contributed by atoms with Crippen molar-refractivity contribution in [3.8, 4) is 50.5 Å². The van der Waals surface area contributed by atoms with E-state index in [1.54, 1.807) is 25.3 Å². The lowest BCUT2D eigenvalue weighted by atomic mass is 9.91. The Morgan fingerprint density at radius 3 is 2.16 bits per heavy atom. The lowest BCUT2D eigenvalue weighted by Crippen LogP contribution is -2.14. The van der Waals surface area contributed by atoms with E-state index in [1.165, 1.54) is 6.07 Å². The van der Waals surface area contributed by atoms with Gasteiger partial charge in [0.1, 0.15) is 5.69 Å². The van der Waals surface area contributed by atoms with Gasteiger partial charge in [-0.3, -0.25) is 4.79 Å². The minimum Gasteiger partial charge on any atom is -0.490 e. The Bertz CT molecular complexity index is 2150. The average Bonchev–Trinajstić information content (AvgIpc) is 3.45. The molecular weight excluding hydrogens is 617 g/mol. The smallest absolute Gasteiger partial charge is 0.307 e. The zero-order chi connectivity index (χ0) is 34.9. The molecule has 0 aliphatic carbocycles. The molecule has 250 valence electrons. The highest BCUT2D eigenvalue weighted by atomic mass is 19.1. The van der Waals surface area contributed by atoms with E-state index in [0.717, 1.165) is 45.4 Å². The second kappa shape index (κ2) is 13.6. The summed E-state index contributed by atoms with van der Waals surface area (Å²) < 4.78 is 23.1. The third-order valence-corrected chi connectivity index (χ3v) is 8.39. The highest BCUT2D eigenvalue weighted by Gasteiger charge is 2.28. The lowest BCUT2D eigenvalue weighted by molar-refractivity contribution is -0.136. The summed E-state index contributed by atoms with van der Waals surface area (Å²) >= 11 is 0. The van der Waals surface area contributed by atoms with Gasteiger partial charge in [-0.2, -0.15) is 5.10 Å². The summed E-state index contributed by atoms with van der Waals surface area (Å²) in [6, 6.07) is 29.8. The van der Waals surface area contributed by atoms with Crippen LogP contribution in [0.3, 0.4) is 0 Å². The lowest BCUT2D eigenvalue weighted by Gasteiger charge is -2.23. The number of aryl methyl sites for hydroxylation is 1. The molecule has 0 saturated heterocycles. The second-order valence-electron chi connectivity index (χ2n) is 13.3. The van der Waals surface area contributed by atoms with Crippen LogP contribution < -0.4 is 4.74 Å². The first-order chi connectivity index (χ1) is 23.4. The van der Waals surface area contributed by atoms with Crippen molar-refractivity contribution in [3.05, 3.63) is 119 Å². The van der Waals surface area contributed by atoms with Crippen LogP contribution in [0.1, 0.15) is 49.6 Å². The SMILES string of the molecule is CC(C)(C)O.Cc1nc2c(-c3cccc(-c4ccccc4)c3)c(-c3ccccc3)nn2c(-c2cc(F)c3c(c2C)CCCO3)c1CC(=O)O. The van der Waals surface area contributed by atoms with Crippen molar-refractivity contribution in [1.29, 1.82) is 0 Å². The van der Waals surface area contributed by atoms with Crippen LogP contribution in [0.15, 0.2) is 91.0 Å². The number of aliphatic hydroxyl groups is 1. The minimum absolute atomic E-state index is 0.280. The fourth-order valence-corrected chi connectivity index (χ4v) is 6.29. The number of hydrogen-bond donors (Lipinski definition) is 2. The summed E-state index contributed by atoms with van der Waals surface area (Å²) in [7, 11) is 0. The molecule has 4 aromatic carbocycles. The first-order valence-electron chi connectivity index (χ1n) is 16.4. The fourth-order valence-electron chi connectivity index (χ4n) is 6.29. The van der Waals surface area contributed by atoms with Crippen LogP contribution in [0.25, 0.3) is 50.4 Å². The Labute approximate surface area is 285 Å². The Morgan fingerprint density at radius 1 is 0.898 bits per heavy atom. The molecule has 6 aromatic rings. The van der Waals surface area contributed by atoms with E-state index in [4.69, 9.17) is 19.9 Å². The summed E-state index contributed by atoms with van der Waals surface area (Å²) in [6.07, 6.45) is 1.18. The predicted octanol–water partition coefficient (Wildman–Crippen LogP) is 8.88. The maximum Gasteiger partial charge on any atom is 0.307 e. The van der Waals surface area contributed by atoms with Gasteiger partial charge in [-0.1, -0.05) is 78.9 Å². The highest BCUT2D eigenvalue weighted by Crippen LogP contribution is 2.42. The third-order valence-electron chi connectivity index (χ3n) is 8.39. The normalized spacial score (nSPS) is 12.6. The first-order valence-corrected chi connectivity index (χ1v) is 16.4. The molecule has 0 spiro atoms. The molecule has 0 amide bonds. The van der Waals surface area contributed by atoms with Gasteiger partial charge in [0.25, 0.3) is 0 Å². The number of rotatable bonds is 6. The number of nitrogens with zero attached hydrogens (tertiary/aromatic N) is 3. The van der Waals surface area contributed by atoms with Gasteiger partial charge in [-0.25, -0.2) is 13.9 Å². The van der Waals surface area contributed by atoms with Crippen molar-refractivity contribution >= 4 is 11.6 Å². The summed E-state index contributed by atoms with van der Waals surface area (Å²) in [5, 5.41) is 23.6. The van der Waals surface area contributed by atoms with Crippen LogP contribution in [0.2, 0.25) is 0 Å². The zero-order valence-corrected chi connectivity index (χ0v) is 28.4. The number of carbonyl (C=O) groups is 1. The number of aliphatic carboxylic acids is 1. The molecule has 2 N–H and O–H groups in total. The fraction of sp³-hybridized carbons (Fsp3) is 0.244. The van der Waals surface area contributed by atoms with E-state index in [9.17, 15) is 9.90 Å². The monoisotopic (exact) mass is 657 g/mol. The van der Waals surface area contributed by atoms with Gasteiger partial charge in [0.15, 0.2) is 17.2 Å². The topological polar surface area (TPSA) is 97.0 Å². The number of aromatic nitrogens is 3. The third kappa shape index (κ3) is 7.10. The van der Waals surface area contributed by atoms with E-state index >= 15 is 4.39 Å². The predicted molar refractivity (Wildman–Crippen MR) is 191 cm³/mol. The van der Waals surface area contributed by atoms with E-state index in [-0.39, 0.29) is 12.2 Å². The number of halogens is 1. The summed E-state index contributed by atoms with van der Waals surface area (Å²) in [5.41, 5.74) is 9.38. The molecular formula is C41H40FN3O4. The van der Waals surface area contributed by atoms with Crippen LogP contribution >= 0.6 is 0 Å². The molecule has 3 heterocycles.